The molecule has 0 aliphatic carbocycles. The topological polar surface area (TPSA) is 26.0 Å². The second-order valence-electron chi connectivity index (χ2n) is 0. The summed E-state index contributed by atoms with van der Waals surface area (Å²) in [6.07, 6.45) is 0. The van der Waals surface area contributed by atoms with Crippen molar-refractivity contribution >= 4 is 59.1 Å². The molecular formula is CH5NNa2. The number of hydrogen-bond acceptors (Lipinski definition) is 1. The van der Waals surface area contributed by atoms with E-state index in [-0.39, 0.29) is 59.1 Å². The number of rotatable bonds is 0. The van der Waals surface area contributed by atoms with Gasteiger partial charge in [-0.2, -0.15) is 0 Å². The van der Waals surface area contributed by atoms with Gasteiger partial charge in [-0.1, -0.05) is 0 Å². The van der Waals surface area contributed by atoms with E-state index in [4.69, 9.17) is 0 Å². The van der Waals surface area contributed by atoms with E-state index in [1.807, 2.05) is 0 Å². The van der Waals surface area contributed by atoms with Gasteiger partial charge in [-0.25, -0.2) is 0 Å². The summed E-state index contributed by atoms with van der Waals surface area (Å²) in [5.74, 6) is 0. The van der Waals surface area contributed by atoms with Crippen molar-refractivity contribution in [2.45, 2.75) is 0 Å². The standard InChI is InChI=1S/CH5N.2Na/c1-2;;/h2H2,1H3;;. The first-order valence-corrected chi connectivity index (χ1v) is 0.577. The van der Waals surface area contributed by atoms with Gasteiger partial charge in [-0.3, -0.25) is 0 Å². The largest absolute Gasteiger partial charge is 0.333 e. The minimum absolute atomic E-state index is 0. The number of nitrogens with two attached hydrogens (primary N) is 1. The van der Waals surface area contributed by atoms with Gasteiger partial charge < -0.3 is 5.73 Å². The molecule has 0 saturated heterocycles. The normalized spacial score (nSPS) is 1.50. The molecule has 0 unspecified atom stereocenters. The summed E-state index contributed by atoms with van der Waals surface area (Å²) in [5.41, 5.74) is 4.50. The molecule has 0 aromatic carbocycles. The molecule has 4 heavy (non-hydrogen) atoms. The smallest absolute Gasteiger partial charge is 0 e. The van der Waals surface area contributed by atoms with E-state index in [9.17, 15) is 0 Å². The molecule has 0 saturated carbocycles. The fourth-order valence-corrected chi connectivity index (χ4v) is 0. The Morgan fingerprint density at radius 3 is 1.00 bits per heavy atom. The summed E-state index contributed by atoms with van der Waals surface area (Å²) in [5, 5.41) is 0. The fraction of sp³-hybridized carbons (Fsp3) is 1.00. The zero-order valence-corrected chi connectivity index (χ0v) is 7.58. The predicted octanol–water partition coefficient (Wildman–Crippen LogP) is -1.19. The van der Waals surface area contributed by atoms with Crippen molar-refractivity contribution in [3.05, 3.63) is 0 Å². The molecule has 1 nitrogen and oxygen atoms in total. The Balaban J connectivity index is -0.00000000500. The fourth-order valence-electron chi connectivity index (χ4n) is 0. The Bertz CT molecular complexity index is 6.00. The van der Waals surface area contributed by atoms with Crippen LogP contribution in [0.3, 0.4) is 0 Å². The van der Waals surface area contributed by atoms with Crippen LogP contribution in [0.25, 0.3) is 0 Å². The molecule has 3 heteroatoms. The van der Waals surface area contributed by atoms with E-state index in [1.165, 1.54) is 7.05 Å². The van der Waals surface area contributed by atoms with Gasteiger partial charge in [0.05, 0.1) is 0 Å². The zero-order chi connectivity index (χ0) is 2.00. The third-order valence-corrected chi connectivity index (χ3v) is 0. The summed E-state index contributed by atoms with van der Waals surface area (Å²) in [6, 6.07) is 0. The molecule has 0 bridgehead atoms. The van der Waals surface area contributed by atoms with Crippen LogP contribution in [0.5, 0.6) is 0 Å². The van der Waals surface area contributed by atoms with Gasteiger partial charge in [-0.15, -0.1) is 0 Å². The van der Waals surface area contributed by atoms with Crippen LogP contribution in [0.15, 0.2) is 0 Å². The molecule has 0 aliphatic rings. The average molecular weight is 77.0 g/mol. The van der Waals surface area contributed by atoms with Gasteiger partial charge >= 0.3 is 0 Å². The Morgan fingerprint density at radius 2 is 1.00 bits per heavy atom. The van der Waals surface area contributed by atoms with Gasteiger partial charge in [0.25, 0.3) is 0 Å². The minimum atomic E-state index is 0. The molecule has 2 N–H and O–H groups in total. The molecule has 0 heterocycles. The van der Waals surface area contributed by atoms with Crippen molar-refractivity contribution in [3.8, 4) is 0 Å². The molecule has 2 radical (unpaired) electrons. The summed E-state index contributed by atoms with van der Waals surface area (Å²) in [6.45, 7) is 0. The van der Waals surface area contributed by atoms with Crippen molar-refractivity contribution in [3.63, 3.8) is 0 Å². The first-order valence-electron chi connectivity index (χ1n) is 0.577. The molecule has 0 aliphatic heterocycles. The molecular weight excluding hydrogens is 72.0 g/mol. The van der Waals surface area contributed by atoms with E-state index in [0.717, 1.165) is 0 Å². The molecule has 0 aromatic heterocycles. The molecule has 0 spiro atoms. The van der Waals surface area contributed by atoms with E-state index < -0.39 is 0 Å². The summed E-state index contributed by atoms with van der Waals surface area (Å²) >= 11 is 0. The first-order chi connectivity index (χ1) is 1.00. The van der Waals surface area contributed by atoms with Crippen LogP contribution in [0, 0.1) is 0 Å². The van der Waals surface area contributed by atoms with Gasteiger partial charge in [-0.05, 0) is 7.05 Å². The Labute approximate surface area is 70.9 Å². The van der Waals surface area contributed by atoms with Crippen LogP contribution in [-0.4, -0.2) is 66.2 Å². The maximum absolute atomic E-state index is 4.50. The monoisotopic (exact) mass is 77.0 g/mol. The predicted molar refractivity (Wildman–Crippen MR) is 21.6 cm³/mol. The minimum Gasteiger partial charge on any atom is -0.333 e. The molecule has 0 atom stereocenters. The second-order valence-corrected chi connectivity index (χ2v) is 0. The van der Waals surface area contributed by atoms with Crippen molar-refractivity contribution < 1.29 is 0 Å². The molecule has 16 valence electrons. The third-order valence-electron chi connectivity index (χ3n) is 0. The maximum Gasteiger partial charge on any atom is 0 e. The average Bonchev–Trinajstić information content (AvgIpc) is 1.00. The van der Waals surface area contributed by atoms with Crippen molar-refractivity contribution in [2.24, 2.45) is 5.73 Å². The van der Waals surface area contributed by atoms with Crippen LogP contribution < -0.4 is 5.73 Å². The zero-order valence-electron chi connectivity index (χ0n) is 3.58. The van der Waals surface area contributed by atoms with Crippen molar-refractivity contribution in [1.82, 2.24) is 0 Å². The molecule has 0 fully saturated rings. The summed E-state index contributed by atoms with van der Waals surface area (Å²) in [7, 11) is 1.50. The molecule has 0 aromatic rings. The van der Waals surface area contributed by atoms with Gasteiger partial charge in [0.15, 0.2) is 0 Å². The van der Waals surface area contributed by atoms with E-state index in [2.05, 4.69) is 5.73 Å². The van der Waals surface area contributed by atoms with Crippen LogP contribution in [0.1, 0.15) is 0 Å². The first kappa shape index (κ1) is 16.7. The third kappa shape index (κ3) is 9.03. The van der Waals surface area contributed by atoms with Crippen LogP contribution in [0.4, 0.5) is 0 Å². The summed E-state index contributed by atoms with van der Waals surface area (Å²) in [4.78, 5) is 0. The Kier molecular flexibility index (Phi) is 84.7. The van der Waals surface area contributed by atoms with E-state index in [0.29, 0.717) is 0 Å². The van der Waals surface area contributed by atoms with Gasteiger partial charge in [0.1, 0.15) is 0 Å². The Hall–Kier alpha value is 1.96. The van der Waals surface area contributed by atoms with Crippen LogP contribution in [0.2, 0.25) is 0 Å². The van der Waals surface area contributed by atoms with Crippen LogP contribution in [-0.2, 0) is 0 Å². The quantitative estimate of drug-likeness (QED) is 0.361. The second kappa shape index (κ2) is 20.2. The maximum atomic E-state index is 4.50. The Morgan fingerprint density at radius 1 is 1.00 bits per heavy atom. The summed E-state index contributed by atoms with van der Waals surface area (Å²) < 4.78 is 0. The van der Waals surface area contributed by atoms with E-state index in [1.54, 1.807) is 0 Å². The molecule has 0 rings (SSSR count). The van der Waals surface area contributed by atoms with Gasteiger partial charge in [0.2, 0.25) is 0 Å². The van der Waals surface area contributed by atoms with Crippen molar-refractivity contribution in [2.75, 3.05) is 7.05 Å². The van der Waals surface area contributed by atoms with E-state index >= 15 is 0 Å². The van der Waals surface area contributed by atoms with Crippen LogP contribution >= 0.6 is 0 Å². The van der Waals surface area contributed by atoms with Gasteiger partial charge in [0, 0.05) is 59.1 Å². The number of hydrogen-bond donors (Lipinski definition) is 1. The SMILES string of the molecule is CN.[Na].[Na]. The van der Waals surface area contributed by atoms with Crippen molar-refractivity contribution in [1.29, 1.82) is 0 Å². The molecule has 0 amide bonds.